The highest BCUT2D eigenvalue weighted by Gasteiger charge is 2.39. The van der Waals surface area contributed by atoms with Crippen LogP contribution in [-0.2, 0) is 11.2 Å². The standard InChI is InChI=1S/C21H17N3O2S/c25-20-19(14-16-8-3-1-4-9-16)27-21(23-22-15-18-12-7-13-26-18)24(20)17-10-5-2-6-11-17/h1-13,15,19H,14H2/b22-15-,23-21+/t19-/m0/s1. The number of benzene rings is 2. The van der Waals surface area contributed by atoms with E-state index in [9.17, 15) is 4.79 Å². The highest BCUT2D eigenvalue weighted by atomic mass is 32.2. The SMILES string of the molecule is O=C1[C@H](Cc2ccccc2)S/C(=N/N=C\c2ccco2)N1c1ccccc1. The van der Waals surface area contributed by atoms with Gasteiger partial charge in [0.15, 0.2) is 5.17 Å². The van der Waals surface area contributed by atoms with E-state index in [1.54, 1.807) is 23.3 Å². The molecule has 3 aromatic rings. The first-order valence-corrected chi connectivity index (χ1v) is 9.43. The summed E-state index contributed by atoms with van der Waals surface area (Å²) in [6, 6.07) is 23.1. The van der Waals surface area contributed by atoms with Gasteiger partial charge in [0.05, 0.1) is 23.4 Å². The monoisotopic (exact) mass is 375 g/mol. The van der Waals surface area contributed by atoms with Crippen molar-refractivity contribution in [2.24, 2.45) is 10.2 Å². The molecule has 1 aliphatic heterocycles. The number of amides is 1. The molecule has 6 heteroatoms. The lowest BCUT2D eigenvalue weighted by atomic mass is 10.1. The van der Waals surface area contributed by atoms with Gasteiger partial charge in [-0.05, 0) is 36.2 Å². The quantitative estimate of drug-likeness (QED) is 0.492. The van der Waals surface area contributed by atoms with Crippen molar-refractivity contribution in [3.05, 3.63) is 90.4 Å². The van der Waals surface area contributed by atoms with Crippen LogP contribution in [0.4, 0.5) is 5.69 Å². The molecular weight excluding hydrogens is 358 g/mol. The van der Waals surface area contributed by atoms with Crippen molar-refractivity contribution < 1.29 is 9.21 Å². The largest absolute Gasteiger partial charge is 0.463 e. The molecule has 2 heterocycles. The van der Waals surface area contributed by atoms with Gasteiger partial charge in [0.25, 0.3) is 0 Å². The third-order valence-corrected chi connectivity index (χ3v) is 5.21. The highest BCUT2D eigenvalue weighted by molar-refractivity contribution is 8.16. The van der Waals surface area contributed by atoms with E-state index in [2.05, 4.69) is 10.2 Å². The maximum atomic E-state index is 13.1. The summed E-state index contributed by atoms with van der Waals surface area (Å²) in [5.41, 5.74) is 1.91. The Morgan fingerprint density at radius 2 is 1.74 bits per heavy atom. The first-order valence-electron chi connectivity index (χ1n) is 8.55. The normalized spacial score (nSPS) is 18.7. The van der Waals surface area contributed by atoms with Crippen LogP contribution in [0.1, 0.15) is 11.3 Å². The Labute approximate surface area is 161 Å². The van der Waals surface area contributed by atoms with E-state index in [-0.39, 0.29) is 11.2 Å². The van der Waals surface area contributed by atoms with E-state index in [4.69, 9.17) is 4.42 Å². The lowest BCUT2D eigenvalue weighted by molar-refractivity contribution is -0.116. The molecule has 1 fully saturated rings. The van der Waals surface area contributed by atoms with Crippen LogP contribution in [0, 0.1) is 0 Å². The van der Waals surface area contributed by atoms with Gasteiger partial charge in [-0.2, -0.15) is 5.10 Å². The lowest BCUT2D eigenvalue weighted by Crippen LogP contribution is -2.32. The molecule has 0 N–H and O–H groups in total. The number of hydrogen-bond donors (Lipinski definition) is 0. The first kappa shape index (κ1) is 17.3. The van der Waals surface area contributed by atoms with Gasteiger partial charge in [-0.25, -0.2) is 0 Å². The Bertz CT molecular complexity index is 954. The van der Waals surface area contributed by atoms with E-state index in [1.165, 1.54) is 18.0 Å². The summed E-state index contributed by atoms with van der Waals surface area (Å²) in [6.07, 6.45) is 3.76. The Morgan fingerprint density at radius 3 is 2.44 bits per heavy atom. The molecule has 2 aromatic carbocycles. The second-order valence-corrected chi connectivity index (χ2v) is 7.12. The second kappa shape index (κ2) is 8.05. The van der Waals surface area contributed by atoms with Crippen molar-refractivity contribution in [2.45, 2.75) is 11.7 Å². The maximum Gasteiger partial charge on any atom is 0.247 e. The van der Waals surface area contributed by atoms with Crippen LogP contribution in [0.5, 0.6) is 0 Å². The van der Waals surface area contributed by atoms with Crippen molar-refractivity contribution in [3.63, 3.8) is 0 Å². The zero-order valence-corrected chi connectivity index (χ0v) is 15.3. The van der Waals surface area contributed by atoms with Crippen molar-refractivity contribution in [1.29, 1.82) is 0 Å². The fourth-order valence-corrected chi connectivity index (χ4v) is 3.94. The lowest BCUT2D eigenvalue weighted by Gasteiger charge is -2.15. The number of carbonyl (C=O) groups excluding carboxylic acids is 1. The van der Waals surface area contributed by atoms with E-state index in [0.717, 1.165) is 11.3 Å². The summed E-state index contributed by atoms with van der Waals surface area (Å²) in [5, 5.41) is 8.73. The minimum Gasteiger partial charge on any atom is -0.463 e. The second-order valence-electron chi connectivity index (χ2n) is 5.95. The van der Waals surface area contributed by atoms with Gasteiger partial charge < -0.3 is 4.42 Å². The number of thioether (sulfide) groups is 1. The molecule has 1 aliphatic rings. The van der Waals surface area contributed by atoms with Gasteiger partial charge in [-0.3, -0.25) is 9.69 Å². The smallest absolute Gasteiger partial charge is 0.247 e. The third-order valence-electron chi connectivity index (χ3n) is 4.08. The number of rotatable bonds is 5. The Morgan fingerprint density at radius 1 is 1.00 bits per heavy atom. The molecule has 0 radical (unpaired) electrons. The molecule has 1 atom stereocenters. The fraction of sp³-hybridized carbons (Fsp3) is 0.0952. The topological polar surface area (TPSA) is 58.2 Å². The van der Waals surface area contributed by atoms with Crippen LogP contribution < -0.4 is 4.90 Å². The van der Waals surface area contributed by atoms with Crippen molar-refractivity contribution in [1.82, 2.24) is 0 Å². The predicted molar refractivity (Wildman–Crippen MR) is 109 cm³/mol. The molecule has 0 saturated carbocycles. The molecule has 1 amide bonds. The number of furan rings is 1. The van der Waals surface area contributed by atoms with Crippen LogP contribution in [0.15, 0.2) is 93.7 Å². The van der Waals surface area contributed by atoms with Gasteiger partial charge >= 0.3 is 0 Å². The van der Waals surface area contributed by atoms with Gasteiger partial charge in [0, 0.05) is 0 Å². The third kappa shape index (κ3) is 4.01. The van der Waals surface area contributed by atoms with Crippen molar-refractivity contribution in [2.75, 3.05) is 4.90 Å². The fourth-order valence-electron chi connectivity index (χ4n) is 2.81. The molecular formula is C21H17N3O2S. The van der Waals surface area contributed by atoms with Gasteiger partial charge in [0.1, 0.15) is 5.76 Å². The molecule has 5 nitrogen and oxygen atoms in total. The van der Waals surface area contributed by atoms with Gasteiger partial charge in [0.2, 0.25) is 5.91 Å². The molecule has 0 bridgehead atoms. The zero-order chi connectivity index (χ0) is 18.5. The average Bonchev–Trinajstić information content (AvgIpc) is 3.32. The van der Waals surface area contributed by atoms with Gasteiger partial charge in [-0.15, -0.1) is 5.10 Å². The molecule has 27 heavy (non-hydrogen) atoms. The number of amidine groups is 1. The number of anilines is 1. The summed E-state index contributed by atoms with van der Waals surface area (Å²) < 4.78 is 5.23. The molecule has 0 aliphatic carbocycles. The summed E-state index contributed by atoms with van der Waals surface area (Å²) in [6.45, 7) is 0. The Balaban J connectivity index is 1.61. The summed E-state index contributed by atoms with van der Waals surface area (Å²) >= 11 is 1.44. The van der Waals surface area contributed by atoms with Crippen LogP contribution in [0.2, 0.25) is 0 Å². The van der Waals surface area contributed by atoms with Crippen LogP contribution >= 0.6 is 11.8 Å². The molecule has 1 aromatic heterocycles. The van der Waals surface area contributed by atoms with Crippen molar-refractivity contribution >= 4 is 34.7 Å². The predicted octanol–water partition coefficient (Wildman–Crippen LogP) is 4.36. The summed E-state index contributed by atoms with van der Waals surface area (Å²) in [5.74, 6) is 0.628. The van der Waals surface area contributed by atoms with Crippen LogP contribution in [0.3, 0.4) is 0 Å². The Kier molecular flexibility index (Phi) is 5.16. The maximum absolute atomic E-state index is 13.1. The van der Waals surface area contributed by atoms with Crippen molar-refractivity contribution in [3.8, 4) is 0 Å². The van der Waals surface area contributed by atoms with Gasteiger partial charge in [-0.1, -0.05) is 60.3 Å². The van der Waals surface area contributed by atoms with Crippen LogP contribution in [0.25, 0.3) is 0 Å². The first-order chi connectivity index (χ1) is 13.3. The van der Waals surface area contributed by atoms with Crippen LogP contribution in [-0.4, -0.2) is 22.5 Å². The van der Waals surface area contributed by atoms with E-state index < -0.39 is 0 Å². The van der Waals surface area contributed by atoms with E-state index >= 15 is 0 Å². The number of hydrogen-bond acceptors (Lipinski definition) is 5. The zero-order valence-electron chi connectivity index (χ0n) is 14.4. The Hall–Kier alpha value is -3.12. The minimum absolute atomic E-state index is 0.0157. The minimum atomic E-state index is -0.231. The molecule has 4 rings (SSSR count). The van der Waals surface area contributed by atoms with E-state index in [0.29, 0.717) is 17.3 Å². The van der Waals surface area contributed by atoms with E-state index in [1.807, 2.05) is 60.7 Å². The highest BCUT2D eigenvalue weighted by Crippen LogP contribution is 2.33. The number of para-hydroxylation sites is 1. The number of nitrogens with zero attached hydrogens (tertiary/aromatic N) is 3. The number of carbonyl (C=O) groups is 1. The molecule has 134 valence electrons. The molecule has 1 saturated heterocycles. The summed E-state index contributed by atoms with van der Waals surface area (Å²) in [7, 11) is 0. The average molecular weight is 375 g/mol. The summed E-state index contributed by atoms with van der Waals surface area (Å²) in [4.78, 5) is 14.7. The molecule has 0 spiro atoms. The molecule has 0 unspecified atom stereocenters.